The summed E-state index contributed by atoms with van der Waals surface area (Å²) < 4.78 is 5.52. The number of carbonyl (C=O) groups excluding carboxylic acids is 1. The Morgan fingerprint density at radius 3 is 2.06 bits per heavy atom. The first-order chi connectivity index (χ1) is 8.28. The summed E-state index contributed by atoms with van der Waals surface area (Å²) in [5.74, 6) is 0. The number of fused-ring (bicyclic) bond motifs is 2. The molecule has 2 heterocycles. The van der Waals surface area contributed by atoms with Crippen molar-refractivity contribution in [2.45, 2.75) is 71.2 Å². The molecule has 4 nitrogen and oxygen atoms in total. The zero-order valence-electron chi connectivity index (χ0n) is 12.3. The Labute approximate surface area is 110 Å². The molecule has 0 aromatic carbocycles. The van der Waals surface area contributed by atoms with Gasteiger partial charge in [-0.1, -0.05) is 0 Å². The third-order valence-electron chi connectivity index (χ3n) is 3.85. The lowest BCUT2D eigenvalue weighted by Crippen LogP contribution is -2.58. The van der Waals surface area contributed by atoms with Gasteiger partial charge in [-0.05, 0) is 47.5 Å². The van der Waals surface area contributed by atoms with Crippen LogP contribution in [-0.4, -0.2) is 52.7 Å². The van der Waals surface area contributed by atoms with E-state index in [2.05, 4.69) is 18.7 Å². The molecule has 2 rings (SSSR count). The van der Waals surface area contributed by atoms with Crippen LogP contribution in [0.3, 0.4) is 0 Å². The zero-order valence-corrected chi connectivity index (χ0v) is 12.3. The van der Waals surface area contributed by atoms with Crippen LogP contribution in [-0.2, 0) is 4.74 Å². The van der Waals surface area contributed by atoms with Gasteiger partial charge in [0.1, 0.15) is 5.60 Å². The second-order valence-corrected chi connectivity index (χ2v) is 6.82. The van der Waals surface area contributed by atoms with E-state index in [9.17, 15) is 4.79 Å². The quantitative estimate of drug-likeness (QED) is 0.720. The Bertz CT molecular complexity index is 308. The molecular weight excluding hydrogens is 228 g/mol. The third-order valence-corrected chi connectivity index (χ3v) is 3.85. The third kappa shape index (κ3) is 2.79. The van der Waals surface area contributed by atoms with E-state index in [1.807, 2.05) is 25.7 Å². The van der Waals surface area contributed by atoms with Crippen molar-refractivity contribution in [2.75, 3.05) is 13.1 Å². The minimum absolute atomic E-state index is 0.126. The molecule has 0 aromatic heterocycles. The number of piperazine rings is 1. The highest BCUT2D eigenvalue weighted by Gasteiger charge is 2.44. The maximum Gasteiger partial charge on any atom is 0.410 e. The van der Waals surface area contributed by atoms with Crippen molar-refractivity contribution in [1.29, 1.82) is 0 Å². The number of nitrogens with zero attached hydrogens (tertiary/aromatic N) is 2. The Balaban J connectivity index is 2.02. The van der Waals surface area contributed by atoms with Gasteiger partial charge in [0, 0.05) is 31.2 Å². The van der Waals surface area contributed by atoms with Crippen LogP contribution in [0, 0.1) is 0 Å². The predicted octanol–water partition coefficient (Wildman–Crippen LogP) is 2.48. The van der Waals surface area contributed by atoms with E-state index in [0.717, 1.165) is 25.9 Å². The minimum Gasteiger partial charge on any atom is -0.444 e. The van der Waals surface area contributed by atoms with Crippen molar-refractivity contribution < 1.29 is 9.53 Å². The molecule has 0 aromatic rings. The van der Waals surface area contributed by atoms with Crippen molar-refractivity contribution in [2.24, 2.45) is 0 Å². The first kappa shape index (κ1) is 13.7. The van der Waals surface area contributed by atoms with Gasteiger partial charge in [-0.15, -0.1) is 0 Å². The highest BCUT2D eigenvalue weighted by atomic mass is 16.6. The lowest BCUT2D eigenvalue weighted by molar-refractivity contribution is -0.00864. The monoisotopic (exact) mass is 254 g/mol. The summed E-state index contributed by atoms with van der Waals surface area (Å²) in [6.07, 6.45) is 2.11. The minimum atomic E-state index is -0.397. The van der Waals surface area contributed by atoms with E-state index in [0.29, 0.717) is 18.1 Å². The molecule has 2 bridgehead atoms. The Morgan fingerprint density at radius 1 is 1.17 bits per heavy atom. The summed E-state index contributed by atoms with van der Waals surface area (Å²) >= 11 is 0. The van der Waals surface area contributed by atoms with Crippen molar-refractivity contribution in [3.8, 4) is 0 Å². The molecule has 2 atom stereocenters. The molecule has 2 saturated heterocycles. The average Bonchev–Trinajstić information content (AvgIpc) is 2.47. The molecule has 0 aliphatic carbocycles. The van der Waals surface area contributed by atoms with Crippen LogP contribution in [0.4, 0.5) is 4.79 Å². The van der Waals surface area contributed by atoms with Crippen LogP contribution in [0.2, 0.25) is 0 Å². The molecule has 104 valence electrons. The SMILES string of the molecule is CC(C)N1CC2CCC(C1)N2C(=O)OC(C)(C)C. The molecule has 0 N–H and O–H groups in total. The zero-order chi connectivity index (χ0) is 13.5. The summed E-state index contributed by atoms with van der Waals surface area (Å²) in [5.41, 5.74) is -0.397. The van der Waals surface area contributed by atoms with Crippen LogP contribution in [0.25, 0.3) is 0 Å². The normalized spacial score (nSPS) is 28.9. The fourth-order valence-corrected chi connectivity index (χ4v) is 2.97. The van der Waals surface area contributed by atoms with E-state index in [-0.39, 0.29) is 6.09 Å². The van der Waals surface area contributed by atoms with Gasteiger partial charge in [-0.25, -0.2) is 4.79 Å². The highest BCUT2D eigenvalue weighted by molar-refractivity contribution is 5.69. The fraction of sp³-hybridized carbons (Fsp3) is 0.929. The summed E-state index contributed by atoms with van der Waals surface area (Å²) in [6.45, 7) is 12.2. The topological polar surface area (TPSA) is 32.8 Å². The Hall–Kier alpha value is -0.770. The molecule has 2 unspecified atom stereocenters. The average molecular weight is 254 g/mol. The molecule has 2 aliphatic rings. The number of hydrogen-bond acceptors (Lipinski definition) is 3. The van der Waals surface area contributed by atoms with Crippen LogP contribution < -0.4 is 0 Å². The molecule has 0 spiro atoms. The largest absolute Gasteiger partial charge is 0.444 e. The summed E-state index contributed by atoms with van der Waals surface area (Å²) in [5, 5.41) is 0. The lowest BCUT2D eigenvalue weighted by atomic mass is 10.1. The molecule has 1 amide bonds. The highest BCUT2D eigenvalue weighted by Crippen LogP contribution is 2.32. The molecule has 2 aliphatic heterocycles. The molecule has 0 radical (unpaired) electrons. The van der Waals surface area contributed by atoms with Gasteiger partial charge < -0.3 is 4.74 Å². The van der Waals surface area contributed by atoms with Gasteiger partial charge in [0.2, 0.25) is 0 Å². The lowest BCUT2D eigenvalue weighted by Gasteiger charge is -2.42. The number of amides is 1. The molecule has 18 heavy (non-hydrogen) atoms. The van der Waals surface area contributed by atoms with Gasteiger partial charge in [-0.2, -0.15) is 0 Å². The smallest absolute Gasteiger partial charge is 0.410 e. The second-order valence-electron chi connectivity index (χ2n) is 6.82. The first-order valence-electron chi connectivity index (χ1n) is 7.03. The van der Waals surface area contributed by atoms with E-state index in [4.69, 9.17) is 4.74 Å². The maximum absolute atomic E-state index is 12.2. The second kappa shape index (κ2) is 4.72. The molecule has 4 heteroatoms. The van der Waals surface area contributed by atoms with E-state index in [1.54, 1.807) is 0 Å². The van der Waals surface area contributed by atoms with Gasteiger partial charge in [-0.3, -0.25) is 9.80 Å². The van der Waals surface area contributed by atoms with Crippen LogP contribution in [0.1, 0.15) is 47.5 Å². The number of likely N-dealkylation sites (tertiary alicyclic amines) is 1. The van der Waals surface area contributed by atoms with E-state index < -0.39 is 5.60 Å². The Kier molecular flexibility index (Phi) is 3.58. The summed E-state index contributed by atoms with van der Waals surface area (Å²) in [4.78, 5) is 16.7. The van der Waals surface area contributed by atoms with Crippen molar-refractivity contribution >= 4 is 6.09 Å². The van der Waals surface area contributed by atoms with Crippen molar-refractivity contribution in [3.05, 3.63) is 0 Å². The van der Waals surface area contributed by atoms with Crippen LogP contribution in [0.15, 0.2) is 0 Å². The maximum atomic E-state index is 12.2. The van der Waals surface area contributed by atoms with Crippen molar-refractivity contribution in [1.82, 2.24) is 9.80 Å². The summed E-state index contributed by atoms with van der Waals surface area (Å²) in [6, 6.07) is 1.26. The van der Waals surface area contributed by atoms with Crippen LogP contribution >= 0.6 is 0 Å². The molecule has 0 saturated carbocycles. The summed E-state index contributed by atoms with van der Waals surface area (Å²) in [7, 11) is 0. The molecular formula is C14H26N2O2. The van der Waals surface area contributed by atoms with Crippen molar-refractivity contribution in [3.63, 3.8) is 0 Å². The first-order valence-corrected chi connectivity index (χ1v) is 7.03. The Morgan fingerprint density at radius 2 is 1.67 bits per heavy atom. The van der Waals surface area contributed by atoms with Gasteiger partial charge >= 0.3 is 6.09 Å². The van der Waals surface area contributed by atoms with Gasteiger partial charge in [0.15, 0.2) is 0 Å². The number of carbonyl (C=O) groups is 1. The van der Waals surface area contributed by atoms with Crippen LogP contribution in [0.5, 0.6) is 0 Å². The van der Waals surface area contributed by atoms with E-state index >= 15 is 0 Å². The van der Waals surface area contributed by atoms with Gasteiger partial charge in [0.05, 0.1) is 0 Å². The molecule has 2 fully saturated rings. The number of rotatable bonds is 1. The predicted molar refractivity (Wildman–Crippen MR) is 71.6 cm³/mol. The number of ether oxygens (including phenoxy) is 1. The van der Waals surface area contributed by atoms with E-state index in [1.165, 1.54) is 0 Å². The number of hydrogen-bond donors (Lipinski definition) is 0. The standard InChI is InChI=1S/C14H26N2O2/c1-10(2)15-8-11-6-7-12(9-15)16(11)13(17)18-14(3,4)5/h10-12H,6-9H2,1-5H3. The fourth-order valence-electron chi connectivity index (χ4n) is 2.97. The van der Waals surface area contributed by atoms with Gasteiger partial charge in [0.25, 0.3) is 0 Å².